The van der Waals surface area contributed by atoms with Crippen molar-refractivity contribution in [3.05, 3.63) is 24.4 Å². The first kappa shape index (κ1) is 9.58. The maximum Gasteiger partial charge on any atom is 0.131 e. The summed E-state index contributed by atoms with van der Waals surface area (Å²) in [5, 5.41) is 1.78. The fourth-order valence-electron chi connectivity index (χ4n) is 1.53. The quantitative estimate of drug-likeness (QED) is 0.810. The van der Waals surface area contributed by atoms with Gasteiger partial charge in [0.25, 0.3) is 0 Å². The standard InChI is InChI=1S/C11H12N2O2/c1-14-7-5-9-8(10(6-7)15-2)3-4-13-11(9)12/h3-6H,1-2H3,(H2,12,13). The van der Waals surface area contributed by atoms with Crippen LogP contribution in [-0.2, 0) is 0 Å². The molecule has 0 saturated heterocycles. The highest BCUT2D eigenvalue weighted by atomic mass is 16.5. The van der Waals surface area contributed by atoms with Crippen molar-refractivity contribution in [2.45, 2.75) is 0 Å². The molecular weight excluding hydrogens is 192 g/mol. The average Bonchev–Trinajstić information content (AvgIpc) is 2.28. The minimum atomic E-state index is 0.477. The van der Waals surface area contributed by atoms with Gasteiger partial charge in [-0.2, -0.15) is 0 Å². The molecule has 1 heterocycles. The van der Waals surface area contributed by atoms with E-state index in [1.165, 1.54) is 0 Å². The summed E-state index contributed by atoms with van der Waals surface area (Å²) in [5.41, 5.74) is 5.78. The number of benzene rings is 1. The first-order chi connectivity index (χ1) is 7.26. The van der Waals surface area contributed by atoms with Crippen LogP contribution < -0.4 is 15.2 Å². The van der Waals surface area contributed by atoms with Crippen LogP contribution in [0.25, 0.3) is 10.8 Å². The van der Waals surface area contributed by atoms with Gasteiger partial charge in [-0.3, -0.25) is 0 Å². The summed E-state index contributed by atoms with van der Waals surface area (Å²) >= 11 is 0. The van der Waals surface area contributed by atoms with Crippen LogP contribution in [0.4, 0.5) is 5.82 Å². The Kier molecular flexibility index (Phi) is 2.33. The summed E-state index contributed by atoms with van der Waals surface area (Å²) in [6.07, 6.45) is 1.66. The molecule has 0 bridgehead atoms. The highest BCUT2D eigenvalue weighted by Gasteiger charge is 2.07. The second kappa shape index (κ2) is 3.65. The van der Waals surface area contributed by atoms with Gasteiger partial charge in [0.05, 0.1) is 14.2 Å². The molecule has 0 saturated carbocycles. The molecule has 0 aliphatic rings. The largest absolute Gasteiger partial charge is 0.497 e. The van der Waals surface area contributed by atoms with E-state index in [0.717, 1.165) is 16.5 Å². The second-order valence-electron chi connectivity index (χ2n) is 3.12. The second-order valence-corrected chi connectivity index (χ2v) is 3.12. The molecule has 2 aromatic rings. The van der Waals surface area contributed by atoms with Crippen molar-refractivity contribution in [2.24, 2.45) is 0 Å². The van der Waals surface area contributed by atoms with Crippen molar-refractivity contribution >= 4 is 16.6 Å². The molecule has 78 valence electrons. The molecule has 0 amide bonds. The number of methoxy groups -OCH3 is 2. The van der Waals surface area contributed by atoms with E-state index >= 15 is 0 Å². The van der Waals surface area contributed by atoms with Crippen molar-refractivity contribution in [3.63, 3.8) is 0 Å². The monoisotopic (exact) mass is 204 g/mol. The van der Waals surface area contributed by atoms with Crippen LogP contribution in [0.3, 0.4) is 0 Å². The van der Waals surface area contributed by atoms with Gasteiger partial charge in [-0.15, -0.1) is 0 Å². The summed E-state index contributed by atoms with van der Waals surface area (Å²) in [7, 11) is 3.22. The Bertz CT molecular complexity index is 497. The van der Waals surface area contributed by atoms with Crippen LogP contribution in [0.15, 0.2) is 24.4 Å². The van der Waals surface area contributed by atoms with E-state index in [1.807, 2.05) is 18.2 Å². The number of hydrogen-bond donors (Lipinski definition) is 1. The van der Waals surface area contributed by atoms with E-state index in [0.29, 0.717) is 11.6 Å². The number of anilines is 1. The van der Waals surface area contributed by atoms with Crippen LogP contribution in [0.1, 0.15) is 0 Å². The number of nitrogens with zero attached hydrogens (tertiary/aromatic N) is 1. The summed E-state index contributed by atoms with van der Waals surface area (Å²) < 4.78 is 10.4. The molecular formula is C11H12N2O2. The van der Waals surface area contributed by atoms with Gasteiger partial charge in [0.1, 0.15) is 17.3 Å². The molecule has 15 heavy (non-hydrogen) atoms. The van der Waals surface area contributed by atoms with Gasteiger partial charge in [-0.1, -0.05) is 0 Å². The molecule has 0 atom stereocenters. The molecule has 2 N–H and O–H groups in total. The van der Waals surface area contributed by atoms with Crippen LogP contribution in [0, 0.1) is 0 Å². The highest BCUT2D eigenvalue weighted by molar-refractivity contribution is 5.96. The highest BCUT2D eigenvalue weighted by Crippen LogP contribution is 2.32. The molecule has 0 spiro atoms. The van der Waals surface area contributed by atoms with Crippen LogP contribution in [0.5, 0.6) is 11.5 Å². The van der Waals surface area contributed by atoms with Crippen LogP contribution in [-0.4, -0.2) is 19.2 Å². The number of rotatable bonds is 2. The lowest BCUT2D eigenvalue weighted by molar-refractivity contribution is 0.398. The molecule has 4 nitrogen and oxygen atoms in total. The Morgan fingerprint density at radius 2 is 1.93 bits per heavy atom. The Balaban J connectivity index is 2.80. The predicted molar refractivity (Wildman–Crippen MR) is 59.3 cm³/mol. The third kappa shape index (κ3) is 1.54. The number of nitrogen functional groups attached to an aromatic ring is 1. The van der Waals surface area contributed by atoms with Gasteiger partial charge in [0, 0.05) is 23.0 Å². The van der Waals surface area contributed by atoms with E-state index in [9.17, 15) is 0 Å². The van der Waals surface area contributed by atoms with Crippen molar-refractivity contribution in [3.8, 4) is 11.5 Å². The molecule has 0 aliphatic carbocycles. The maximum atomic E-state index is 5.78. The van der Waals surface area contributed by atoms with E-state index in [4.69, 9.17) is 15.2 Å². The molecule has 0 aliphatic heterocycles. The molecule has 1 aromatic heterocycles. The minimum absolute atomic E-state index is 0.477. The lowest BCUT2D eigenvalue weighted by Gasteiger charge is -2.09. The van der Waals surface area contributed by atoms with Crippen molar-refractivity contribution in [1.29, 1.82) is 0 Å². The molecule has 0 fully saturated rings. The Labute approximate surface area is 87.6 Å². The smallest absolute Gasteiger partial charge is 0.131 e. The fourth-order valence-corrected chi connectivity index (χ4v) is 1.53. The number of hydrogen-bond acceptors (Lipinski definition) is 4. The number of ether oxygens (including phenoxy) is 2. The SMILES string of the molecule is COc1cc(OC)c2ccnc(N)c2c1. The van der Waals surface area contributed by atoms with Crippen molar-refractivity contribution < 1.29 is 9.47 Å². The zero-order chi connectivity index (χ0) is 10.8. The Morgan fingerprint density at radius 3 is 2.60 bits per heavy atom. The third-order valence-corrected chi connectivity index (χ3v) is 2.30. The molecule has 4 heteroatoms. The summed E-state index contributed by atoms with van der Waals surface area (Å²) in [6, 6.07) is 5.53. The van der Waals surface area contributed by atoms with Gasteiger partial charge in [-0.25, -0.2) is 4.98 Å². The van der Waals surface area contributed by atoms with E-state index in [-0.39, 0.29) is 0 Å². The van der Waals surface area contributed by atoms with Gasteiger partial charge in [0.2, 0.25) is 0 Å². The van der Waals surface area contributed by atoms with Crippen molar-refractivity contribution in [1.82, 2.24) is 4.98 Å². The lowest BCUT2D eigenvalue weighted by atomic mass is 10.1. The van der Waals surface area contributed by atoms with Gasteiger partial charge in [0.15, 0.2) is 0 Å². The first-order valence-corrected chi connectivity index (χ1v) is 4.52. The van der Waals surface area contributed by atoms with Gasteiger partial charge < -0.3 is 15.2 Å². The Morgan fingerprint density at radius 1 is 1.13 bits per heavy atom. The Hall–Kier alpha value is -1.97. The number of fused-ring (bicyclic) bond motifs is 1. The number of aromatic nitrogens is 1. The zero-order valence-electron chi connectivity index (χ0n) is 8.65. The fraction of sp³-hybridized carbons (Fsp3) is 0.182. The van der Waals surface area contributed by atoms with E-state index < -0.39 is 0 Å². The first-order valence-electron chi connectivity index (χ1n) is 4.52. The van der Waals surface area contributed by atoms with Gasteiger partial charge >= 0.3 is 0 Å². The molecule has 2 rings (SSSR count). The molecule has 0 radical (unpaired) electrons. The zero-order valence-corrected chi connectivity index (χ0v) is 8.65. The normalized spacial score (nSPS) is 10.3. The van der Waals surface area contributed by atoms with Crippen LogP contribution in [0.2, 0.25) is 0 Å². The lowest BCUT2D eigenvalue weighted by Crippen LogP contribution is -1.94. The van der Waals surface area contributed by atoms with Crippen molar-refractivity contribution in [2.75, 3.05) is 20.0 Å². The maximum absolute atomic E-state index is 5.78. The van der Waals surface area contributed by atoms with Crippen LogP contribution >= 0.6 is 0 Å². The van der Waals surface area contributed by atoms with Gasteiger partial charge in [-0.05, 0) is 12.1 Å². The molecule has 0 unspecified atom stereocenters. The number of nitrogens with two attached hydrogens (primary N) is 1. The minimum Gasteiger partial charge on any atom is -0.497 e. The number of pyridine rings is 1. The predicted octanol–water partition coefficient (Wildman–Crippen LogP) is 1.83. The third-order valence-electron chi connectivity index (χ3n) is 2.30. The van der Waals surface area contributed by atoms with E-state index in [2.05, 4.69) is 4.98 Å². The average molecular weight is 204 g/mol. The summed E-state index contributed by atoms with van der Waals surface area (Å²) in [6.45, 7) is 0. The van der Waals surface area contributed by atoms with E-state index in [1.54, 1.807) is 20.4 Å². The summed E-state index contributed by atoms with van der Waals surface area (Å²) in [5.74, 6) is 1.92. The summed E-state index contributed by atoms with van der Waals surface area (Å²) in [4.78, 5) is 4.02. The topological polar surface area (TPSA) is 57.4 Å². The molecule has 1 aromatic carbocycles.